The molecule has 1 atom stereocenters. The molecule has 13 heteroatoms. The predicted octanol–water partition coefficient (Wildman–Crippen LogP) is 2.51. The van der Waals surface area contributed by atoms with Crippen molar-refractivity contribution in [2.45, 2.75) is 18.1 Å². The van der Waals surface area contributed by atoms with E-state index in [4.69, 9.17) is 11.6 Å². The maximum atomic E-state index is 13.9. The summed E-state index contributed by atoms with van der Waals surface area (Å²) in [5.41, 5.74) is 1.60. The van der Waals surface area contributed by atoms with Gasteiger partial charge in [-0.1, -0.05) is 29.4 Å². The zero-order valence-electron chi connectivity index (χ0n) is 18.4. The average Bonchev–Trinajstić information content (AvgIpc) is 3.56. The van der Waals surface area contributed by atoms with Crippen LogP contribution in [0.25, 0.3) is 21.7 Å². The van der Waals surface area contributed by atoms with Crippen LogP contribution in [0.15, 0.2) is 45.8 Å². The number of thioether (sulfide) groups is 1. The molecule has 2 N–H and O–H groups in total. The van der Waals surface area contributed by atoms with Gasteiger partial charge in [-0.15, -0.1) is 32.9 Å². The Kier molecular flexibility index (Phi) is 5.85. The standard InChI is InChI=1S/C22H18ClN7O2S3/c1-28-7-5-14-15(10-28)35-19-17(14)18(32)29(13-4-2-3-12(23)9-13)21-26-27-22(30(19)21)34-11-16(31)25-20-24-6-8-33-20/h2-4,6,8-9H,5,7,10-11H2,1H3,(H,24,25,31)/p+1. The molecule has 1 unspecified atom stereocenters. The number of fused-ring (bicyclic) bond motifs is 5. The molecule has 35 heavy (non-hydrogen) atoms. The highest BCUT2D eigenvalue weighted by Crippen LogP contribution is 2.33. The summed E-state index contributed by atoms with van der Waals surface area (Å²) in [7, 11) is 2.16. The number of hydrogen-bond acceptors (Lipinski definition) is 8. The van der Waals surface area contributed by atoms with Gasteiger partial charge in [0.15, 0.2) is 10.3 Å². The fraction of sp³-hybridized carbons (Fsp3) is 0.227. The third kappa shape index (κ3) is 4.04. The van der Waals surface area contributed by atoms with E-state index < -0.39 is 0 Å². The Labute approximate surface area is 216 Å². The number of hydrogen-bond donors (Lipinski definition) is 2. The maximum absolute atomic E-state index is 13.9. The molecule has 178 valence electrons. The van der Waals surface area contributed by atoms with Gasteiger partial charge in [0, 0.05) is 23.0 Å². The highest BCUT2D eigenvalue weighted by atomic mass is 35.5. The molecule has 0 radical (unpaired) electrons. The van der Waals surface area contributed by atoms with Crippen LogP contribution in [0.2, 0.25) is 5.02 Å². The van der Waals surface area contributed by atoms with E-state index in [0.29, 0.717) is 32.2 Å². The topological polar surface area (TPSA) is 98.6 Å². The number of aromatic nitrogens is 5. The monoisotopic (exact) mass is 544 g/mol. The minimum atomic E-state index is -0.184. The van der Waals surface area contributed by atoms with E-state index in [1.54, 1.807) is 45.7 Å². The number of nitrogens with one attached hydrogen (secondary N) is 2. The summed E-state index contributed by atoms with van der Waals surface area (Å²) in [6.45, 7) is 1.84. The number of quaternary nitrogens is 1. The Morgan fingerprint density at radius 2 is 2.23 bits per heavy atom. The highest BCUT2D eigenvalue weighted by Gasteiger charge is 2.28. The average molecular weight is 545 g/mol. The van der Waals surface area contributed by atoms with Crippen molar-refractivity contribution in [3.8, 4) is 5.69 Å². The van der Waals surface area contributed by atoms with E-state index in [1.165, 1.54) is 32.9 Å². The number of nitrogens with zero attached hydrogens (tertiary/aromatic N) is 5. The second-order valence-corrected chi connectivity index (χ2v) is 11.6. The number of likely N-dealkylation sites (N-methyl/N-ethyl adjacent to an activating group) is 1. The lowest BCUT2D eigenvalue weighted by Gasteiger charge is -2.19. The lowest BCUT2D eigenvalue weighted by Crippen LogP contribution is -3.08. The Morgan fingerprint density at radius 3 is 3.03 bits per heavy atom. The lowest BCUT2D eigenvalue weighted by molar-refractivity contribution is -0.895. The van der Waals surface area contributed by atoms with Crippen molar-refractivity contribution in [2.75, 3.05) is 24.7 Å². The van der Waals surface area contributed by atoms with Crippen LogP contribution < -0.4 is 15.8 Å². The van der Waals surface area contributed by atoms with Crippen LogP contribution in [0.4, 0.5) is 5.13 Å². The minimum Gasteiger partial charge on any atom is -0.333 e. The van der Waals surface area contributed by atoms with Gasteiger partial charge in [0.25, 0.3) is 5.56 Å². The molecule has 0 fully saturated rings. The molecule has 0 saturated heterocycles. The van der Waals surface area contributed by atoms with E-state index in [0.717, 1.165) is 29.9 Å². The number of anilines is 1. The second-order valence-electron chi connectivity index (χ2n) is 8.23. The SMILES string of the molecule is C[NH+]1CCc2c(sc3c2c(=O)n(-c2cccc(Cl)c2)c2nnc(SCC(=O)Nc4nccs4)n32)C1. The quantitative estimate of drug-likeness (QED) is 0.330. The van der Waals surface area contributed by atoms with Crippen LogP contribution in [-0.4, -0.2) is 49.4 Å². The second kappa shape index (κ2) is 9.03. The van der Waals surface area contributed by atoms with Crippen molar-refractivity contribution in [3.05, 3.63) is 61.7 Å². The van der Waals surface area contributed by atoms with Gasteiger partial charge < -0.3 is 10.2 Å². The first-order chi connectivity index (χ1) is 17.0. The van der Waals surface area contributed by atoms with Crippen LogP contribution in [0, 0.1) is 0 Å². The Bertz CT molecular complexity index is 1640. The molecule has 1 amide bonds. The number of benzene rings is 1. The minimum absolute atomic E-state index is 0.128. The number of carbonyl (C=O) groups excluding carboxylic acids is 1. The fourth-order valence-corrected chi connectivity index (χ4v) is 7.26. The largest absolute Gasteiger partial charge is 0.333 e. The van der Waals surface area contributed by atoms with Gasteiger partial charge in [0.1, 0.15) is 11.4 Å². The van der Waals surface area contributed by atoms with Crippen molar-refractivity contribution >= 4 is 73.1 Å². The number of thiophene rings is 1. The first-order valence-corrected chi connectivity index (χ1v) is 13.9. The summed E-state index contributed by atoms with van der Waals surface area (Å²) in [4.78, 5) is 33.9. The molecule has 1 aliphatic rings. The van der Waals surface area contributed by atoms with Crippen molar-refractivity contribution < 1.29 is 9.69 Å². The molecule has 9 nitrogen and oxygen atoms in total. The molecular formula is C22H19ClN7O2S3+. The summed E-state index contributed by atoms with van der Waals surface area (Å²) in [5, 5.41) is 15.7. The van der Waals surface area contributed by atoms with Gasteiger partial charge in [0.05, 0.1) is 35.3 Å². The van der Waals surface area contributed by atoms with Gasteiger partial charge >= 0.3 is 0 Å². The summed E-state index contributed by atoms with van der Waals surface area (Å²) in [6, 6.07) is 7.15. The number of thiazole rings is 1. The van der Waals surface area contributed by atoms with Crippen LogP contribution in [-0.2, 0) is 17.8 Å². The van der Waals surface area contributed by atoms with E-state index >= 15 is 0 Å². The van der Waals surface area contributed by atoms with Crippen LogP contribution >= 0.6 is 46.0 Å². The third-order valence-electron chi connectivity index (χ3n) is 5.85. The maximum Gasteiger partial charge on any atom is 0.268 e. The van der Waals surface area contributed by atoms with Gasteiger partial charge in [-0.05, 0) is 23.8 Å². The molecule has 1 aliphatic heterocycles. The smallest absolute Gasteiger partial charge is 0.268 e. The molecule has 0 bridgehead atoms. The van der Waals surface area contributed by atoms with Gasteiger partial charge in [-0.2, -0.15) is 0 Å². The zero-order chi connectivity index (χ0) is 24.1. The van der Waals surface area contributed by atoms with Crippen LogP contribution in [0.5, 0.6) is 0 Å². The molecule has 6 rings (SSSR count). The van der Waals surface area contributed by atoms with Crippen molar-refractivity contribution in [3.63, 3.8) is 0 Å². The van der Waals surface area contributed by atoms with Gasteiger partial charge in [0.2, 0.25) is 11.7 Å². The van der Waals surface area contributed by atoms with E-state index in [9.17, 15) is 9.59 Å². The Morgan fingerprint density at radius 1 is 1.34 bits per heavy atom. The lowest BCUT2D eigenvalue weighted by atomic mass is 10.1. The fourth-order valence-electron chi connectivity index (χ4n) is 4.28. The summed E-state index contributed by atoms with van der Waals surface area (Å²) in [5.74, 6) is 0.347. The first-order valence-electron chi connectivity index (χ1n) is 10.8. The first kappa shape index (κ1) is 22.7. The molecule has 0 aliphatic carbocycles. The van der Waals surface area contributed by atoms with Gasteiger partial charge in [-0.25, -0.2) is 14.0 Å². The molecule has 1 aromatic carbocycles. The summed E-state index contributed by atoms with van der Waals surface area (Å²) in [6.07, 6.45) is 2.47. The normalized spacial score (nSPS) is 15.5. The third-order valence-corrected chi connectivity index (χ3v) is 8.92. The summed E-state index contributed by atoms with van der Waals surface area (Å²) < 4.78 is 3.47. The molecule has 4 aromatic heterocycles. The zero-order valence-corrected chi connectivity index (χ0v) is 21.7. The number of halogens is 1. The van der Waals surface area contributed by atoms with Crippen LogP contribution in [0.1, 0.15) is 10.4 Å². The number of rotatable bonds is 5. The number of amides is 1. The van der Waals surface area contributed by atoms with E-state index in [2.05, 4.69) is 27.5 Å². The molecule has 0 saturated carbocycles. The van der Waals surface area contributed by atoms with Crippen LogP contribution in [0.3, 0.4) is 0 Å². The number of carbonyl (C=O) groups is 1. The van der Waals surface area contributed by atoms with E-state index in [-0.39, 0.29) is 17.2 Å². The highest BCUT2D eigenvalue weighted by molar-refractivity contribution is 7.99. The van der Waals surface area contributed by atoms with Crippen molar-refractivity contribution in [1.82, 2.24) is 24.1 Å². The molecular weight excluding hydrogens is 526 g/mol. The van der Waals surface area contributed by atoms with Crippen molar-refractivity contribution in [1.29, 1.82) is 0 Å². The molecule has 0 spiro atoms. The summed E-state index contributed by atoms with van der Waals surface area (Å²) >= 11 is 10.5. The van der Waals surface area contributed by atoms with E-state index in [1.807, 2.05) is 10.5 Å². The van der Waals surface area contributed by atoms with Crippen molar-refractivity contribution in [2.24, 2.45) is 0 Å². The van der Waals surface area contributed by atoms with Gasteiger partial charge in [-0.3, -0.25) is 9.59 Å². The Balaban J connectivity index is 1.51. The Hall–Kier alpha value is -2.77. The predicted molar refractivity (Wildman–Crippen MR) is 140 cm³/mol. The molecule has 5 heterocycles. The molecule has 5 aromatic rings.